The molecule has 188 valence electrons. The molecular formula is C21H19N5O8S2. The highest BCUT2D eigenvalue weighted by atomic mass is 32.2. The van der Waals surface area contributed by atoms with Gasteiger partial charge in [0.15, 0.2) is 16.6 Å². The standard InChI is InChI=1S/C21H19N5O8S2/c22-20-24-13(8-35-20)16(25-33-7-10-1-3-23-4-2-10)14(27)6-12-17(29)26-18(12)36(32)9-11-5-15(28)34-21(11,26)19(30)31/h1-4,8,11-12,18H,5-7,9H2,(H2,22,24)(H,30,31)/b25-16-/t11-,12+,18+,21+,36-/m0/s1. The van der Waals surface area contributed by atoms with Gasteiger partial charge in [-0.2, -0.15) is 0 Å². The zero-order chi connectivity index (χ0) is 25.6. The molecule has 36 heavy (non-hydrogen) atoms. The fourth-order valence-electron chi connectivity index (χ4n) is 4.62. The molecule has 0 unspecified atom stereocenters. The maximum atomic E-state index is 13.3. The van der Waals surface area contributed by atoms with Crippen molar-refractivity contribution in [3.05, 3.63) is 41.2 Å². The molecule has 0 bridgehead atoms. The second-order valence-corrected chi connectivity index (χ2v) is 10.9. The first-order valence-electron chi connectivity index (χ1n) is 10.7. The number of aromatic nitrogens is 2. The Morgan fingerprint density at radius 1 is 1.36 bits per heavy atom. The fraction of sp³-hybridized carbons (Fsp3) is 0.381. The number of ketones is 1. The number of hydrogen-bond acceptors (Lipinski definition) is 12. The lowest BCUT2D eigenvalue weighted by Gasteiger charge is -2.56. The van der Waals surface area contributed by atoms with E-state index >= 15 is 0 Å². The summed E-state index contributed by atoms with van der Waals surface area (Å²) in [6.07, 6.45) is 2.47. The second kappa shape index (κ2) is 9.05. The Bertz CT molecular complexity index is 1310. The summed E-state index contributed by atoms with van der Waals surface area (Å²) in [6.45, 7) is 0.0373. The lowest BCUT2D eigenvalue weighted by molar-refractivity contribution is -0.220. The number of carboxylic acid groups (broad SMARTS) is 1. The van der Waals surface area contributed by atoms with E-state index in [2.05, 4.69) is 15.1 Å². The highest BCUT2D eigenvalue weighted by Gasteiger charge is 2.72. The number of nitrogens with zero attached hydrogens (tertiary/aromatic N) is 4. The van der Waals surface area contributed by atoms with Crippen molar-refractivity contribution in [3.63, 3.8) is 0 Å². The molecule has 15 heteroatoms. The molecule has 5 rings (SSSR count). The second-order valence-electron chi connectivity index (χ2n) is 8.40. The zero-order valence-corrected chi connectivity index (χ0v) is 20.1. The van der Waals surface area contributed by atoms with Crippen molar-refractivity contribution in [1.29, 1.82) is 0 Å². The van der Waals surface area contributed by atoms with Crippen LogP contribution in [-0.2, 0) is 46.2 Å². The first kappa shape index (κ1) is 24.0. The number of thiazole rings is 1. The number of hydrogen-bond donors (Lipinski definition) is 2. The van der Waals surface area contributed by atoms with Crippen LogP contribution < -0.4 is 5.73 Å². The van der Waals surface area contributed by atoms with Crippen molar-refractivity contribution >= 4 is 56.6 Å². The fourth-order valence-corrected chi connectivity index (χ4v) is 7.18. The third-order valence-corrected chi connectivity index (χ3v) is 8.74. The van der Waals surface area contributed by atoms with E-state index in [-0.39, 0.29) is 35.3 Å². The Morgan fingerprint density at radius 2 is 2.11 bits per heavy atom. The number of carboxylic acids is 1. The first-order chi connectivity index (χ1) is 17.2. The number of rotatable bonds is 8. The van der Waals surface area contributed by atoms with Crippen LogP contribution in [-0.4, -0.2) is 70.4 Å². The number of ether oxygens (including phenoxy) is 1. The lowest BCUT2D eigenvalue weighted by atomic mass is 9.84. The molecule has 3 aliphatic heterocycles. The minimum Gasteiger partial charge on any atom is -0.477 e. The Hall–Kier alpha value is -3.72. The van der Waals surface area contributed by atoms with Gasteiger partial charge in [-0.3, -0.25) is 28.5 Å². The van der Waals surface area contributed by atoms with Crippen LogP contribution in [0.15, 0.2) is 35.1 Å². The molecule has 2 aromatic heterocycles. The van der Waals surface area contributed by atoms with Crippen LogP contribution in [0, 0.1) is 11.8 Å². The van der Waals surface area contributed by atoms with E-state index in [4.69, 9.17) is 15.3 Å². The minimum absolute atomic E-state index is 0.0373. The molecule has 3 saturated heterocycles. The number of carbonyl (C=O) groups is 4. The molecular weight excluding hydrogens is 514 g/mol. The van der Waals surface area contributed by atoms with Gasteiger partial charge < -0.3 is 20.4 Å². The molecule has 0 spiro atoms. The number of fused-ring (bicyclic) bond motifs is 3. The molecule has 1 amide bonds. The maximum absolute atomic E-state index is 13.3. The van der Waals surface area contributed by atoms with Crippen LogP contribution in [0.4, 0.5) is 5.13 Å². The number of anilines is 1. The molecule has 0 aliphatic carbocycles. The number of pyridine rings is 1. The molecule has 5 heterocycles. The van der Waals surface area contributed by atoms with Gasteiger partial charge in [0.1, 0.15) is 17.7 Å². The third-order valence-electron chi connectivity index (χ3n) is 6.26. The highest BCUT2D eigenvalue weighted by molar-refractivity contribution is 7.85. The van der Waals surface area contributed by atoms with Gasteiger partial charge in [-0.05, 0) is 17.7 Å². The van der Waals surface area contributed by atoms with Gasteiger partial charge in [-0.1, -0.05) is 5.16 Å². The number of amides is 1. The molecule has 0 saturated carbocycles. The van der Waals surface area contributed by atoms with E-state index < -0.39 is 63.8 Å². The maximum Gasteiger partial charge on any atom is 0.370 e. The van der Waals surface area contributed by atoms with Crippen molar-refractivity contribution in [2.75, 3.05) is 11.5 Å². The largest absolute Gasteiger partial charge is 0.477 e. The molecule has 3 N–H and O–H groups in total. The van der Waals surface area contributed by atoms with Crippen LogP contribution in [0.2, 0.25) is 0 Å². The van der Waals surface area contributed by atoms with Crippen molar-refractivity contribution < 1.29 is 38.1 Å². The molecule has 0 aromatic carbocycles. The molecule has 5 atom stereocenters. The van der Waals surface area contributed by atoms with Gasteiger partial charge in [0.05, 0.1) is 18.3 Å². The summed E-state index contributed by atoms with van der Waals surface area (Å²) in [4.78, 5) is 64.5. The van der Waals surface area contributed by atoms with E-state index in [9.17, 15) is 28.5 Å². The Labute approximate surface area is 209 Å². The van der Waals surface area contributed by atoms with Crippen LogP contribution >= 0.6 is 11.3 Å². The van der Waals surface area contributed by atoms with E-state index in [0.717, 1.165) is 21.8 Å². The number of Topliss-reactive ketones (excluding diaryl/α,β-unsaturated/α-hetero) is 1. The topological polar surface area (TPSA) is 191 Å². The van der Waals surface area contributed by atoms with Crippen LogP contribution in [0.25, 0.3) is 0 Å². The van der Waals surface area contributed by atoms with Crippen LogP contribution in [0.5, 0.6) is 0 Å². The number of nitrogens with two attached hydrogens (primary N) is 1. The Kier molecular flexibility index (Phi) is 6.04. The molecule has 0 radical (unpaired) electrons. The molecule has 3 aliphatic rings. The number of β-lactam (4-membered cyclic amide) rings is 1. The third kappa shape index (κ3) is 3.83. The quantitative estimate of drug-likeness (QED) is 0.199. The Morgan fingerprint density at radius 3 is 2.78 bits per heavy atom. The van der Waals surface area contributed by atoms with Crippen LogP contribution in [0.3, 0.4) is 0 Å². The average molecular weight is 534 g/mol. The van der Waals surface area contributed by atoms with E-state index in [1.54, 1.807) is 24.5 Å². The van der Waals surface area contributed by atoms with Crippen molar-refractivity contribution in [2.24, 2.45) is 17.0 Å². The number of esters is 1. The van der Waals surface area contributed by atoms with Crippen molar-refractivity contribution in [2.45, 2.75) is 30.5 Å². The molecule has 3 fully saturated rings. The van der Waals surface area contributed by atoms with E-state index in [1.165, 1.54) is 5.38 Å². The number of oxime groups is 1. The first-order valence-corrected chi connectivity index (χ1v) is 13.0. The summed E-state index contributed by atoms with van der Waals surface area (Å²) >= 11 is 1.08. The SMILES string of the molecule is Nc1nc(/C(=N/OCc2ccncc2)C(=O)C[C@@H]2C(=O)N3[C@@H]2[S@@](=O)C[C@@H]2CC(=O)O[C@@]23C(=O)O)cs1. The summed E-state index contributed by atoms with van der Waals surface area (Å²) in [5.41, 5.74) is 4.22. The summed E-state index contributed by atoms with van der Waals surface area (Å²) in [6, 6.07) is 3.42. The Balaban J connectivity index is 1.37. The van der Waals surface area contributed by atoms with E-state index in [1.807, 2.05) is 0 Å². The predicted octanol–water partition coefficient (Wildman–Crippen LogP) is -0.109. The average Bonchev–Trinajstić information content (AvgIpc) is 3.42. The number of carbonyl (C=O) groups excluding carboxylic acids is 3. The van der Waals surface area contributed by atoms with Gasteiger partial charge in [0.2, 0.25) is 5.91 Å². The van der Waals surface area contributed by atoms with Gasteiger partial charge in [0, 0.05) is 40.7 Å². The van der Waals surface area contributed by atoms with Gasteiger partial charge in [-0.25, -0.2) is 9.78 Å². The predicted molar refractivity (Wildman–Crippen MR) is 123 cm³/mol. The zero-order valence-electron chi connectivity index (χ0n) is 18.4. The minimum atomic E-state index is -2.21. The lowest BCUT2D eigenvalue weighted by Crippen LogP contribution is -2.78. The van der Waals surface area contributed by atoms with Gasteiger partial charge >= 0.3 is 11.9 Å². The normalized spacial score (nSPS) is 29.1. The smallest absolute Gasteiger partial charge is 0.370 e. The molecule has 2 aromatic rings. The highest BCUT2D eigenvalue weighted by Crippen LogP contribution is 2.50. The van der Waals surface area contributed by atoms with Gasteiger partial charge in [0.25, 0.3) is 5.72 Å². The summed E-state index contributed by atoms with van der Waals surface area (Å²) in [5, 5.41) is 14.4. The summed E-state index contributed by atoms with van der Waals surface area (Å²) in [7, 11) is -1.70. The van der Waals surface area contributed by atoms with Crippen molar-refractivity contribution in [3.8, 4) is 0 Å². The number of nitrogen functional groups attached to an aromatic ring is 1. The monoisotopic (exact) mass is 533 g/mol. The van der Waals surface area contributed by atoms with E-state index in [0.29, 0.717) is 0 Å². The summed E-state index contributed by atoms with van der Waals surface area (Å²) < 4.78 is 18.0. The summed E-state index contributed by atoms with van der Waals surface area (Å²) in [5.74, 6) is -5.82. The van der Waals surface area contributed by atoms with Crippen LogP contribution in [0.1, 0.15) is 24.1 Å². The molecule has 13 nitrogen and oxygen atoms in total. The number of aliphatic carboxylic acids is 1. The van der Waals surface area contributed by atoms with Crippen molar-refractivity contribution in [1.82, 2.24) is 14.9 Å². The van der Waals surface area contributed by atoms with Gasteiger partial charge in [-0.15, -0.1) is 11.3 Å².